The van der Waals surface area contributed by atoms with E-state index in [1.807, 2.05) is 18.2 Å². The lowest BCUT2D eigenvalue weighted by Gasteiger charge is -2.12. The summed E-state index contributed by atoms with van der Waals surface area (Å²) in [6.45, 7) is 0. The summed E-state index contributed by atoms with van der Waals surface area (Å²) in [5.74, 6) is -0.359. The smallest absolute Gasteiger partial charge is 0.126 e. The van der Waals surface area contributed by atoms with Gasteiger partial charge in [0.15, 0.2) is 0 Å². The molecule has 1 nitrogen and oxygen atoms in total. The standard InChI is InChI=1S/C15H13Cl2FO/c16-12-5-6-15(18)11(7-12)9-13(19)8-10-3-1-2-4-14(10)17/h1-7,13,19H,8-9H2. The highest BCUT2D eigenvalue weighted by Crippen LogP contribution is 2.20. The average Bonchev–Trinajstić information content (AvgIpc) is 2.37. The molecule has 100 valence electrons. The maximum atomic E-state index is 13.6. The molecule has 0 bridgehead atoms. The molecule has 0 aromatic heterocycles. The SMILES string of the molecule is OC(Cc1cc(Cl)ccc1F)Cc1ccccc1Cl. The molecule has 4 heteroatoms. The van der Waals surface area contributed by atoms with E-state index in [4.69, 9.17) is 23.2 Å². The Hall–Kier alpha value is -1.09. The minimum Gasteiger partial charge on any atom is -0.392 e. The van der Waals surface area contributed by atoms with Gasteiger partial charge < -0.3 is 5.11 Å². The molecule has 0 saturated heterocycles. The summed E-state index contributed by atoms with van der Waals surface area (Å²) in [4.78, 5) is 0. The van der Waals surface area contributed by atoms with Crippen LogP contribution in [0.5, 0.6) is 0 Å². The molecule has 0 amide bonds. The van der Waals surface area contributed by atoms with E-state index in [0.29, 0.717) is 22.0 Å². The van der Waals surface area contributed by atoms with Crippen molar-refractivity contribution in [2.75, 3.05) is 0 Å². The fraction of sp³-hybridized carbons (Fsp3) is 0.200. The van der Waals surface area contributed by atoms with Gasteiger partial charge in [0.1, 0.15) is 5.82 Å². The fourth-order valence-corrected chi connectivity index (χ4v) is 2.35. The molecular formula is C15H13Cl2FO. The summed E-state index contributed by atoms with van der Waals surface area (Å²) in [6, 6.07) is 11.6. The normalized spacial score (nSPS) is 12.4. The van der Waals surface area contributed by atoms with Crippen LogP contribution >= 0.6 is 23.2 Å². The van der Waals surface area contributed by atoms with Gasteiger partial charge in [-0.2, -0.15) is 0 Å². The van der Waals surface area contributed by atoms with Gasteiger partial charge in [-0.15, -0.1) is 0 Å². The molecule has 0 saturated carbocycles. The summed E-state index contributed by atoms with van der Waals surface area (Å²) < 4.78 is 13.6. The molecule has 2 aromatic rings. The fourth-order valence-electron chi connectivity index (χ4n) is 1.94. The monoisotopic (exact) mass is 298 g/mol. The van der Waals surface area contributed by atoms with Crippen molar-refractivity contribution in [2.45, 2.75) is 18.9 Å². The van der Waals surface area contributed by atoms with Gasteiger partial charge in [0.2, 0.25) is 0 Å². The molecular weight excluding hydrogens is 286 g/mol. The van der Waals surface area contributed by atoms with E-state index in [1.54, 1.807) is 6.07 Å². The number of rotatable bonds is 4. The Kier molecular flexibility index (Phi) is 4.81. The molecule has 0 aliphatic rings. The maximum Gasteiger partial charge on any atom is 0.126 e. The minimum atomic E-state index is -0.701. The number of aliphatic hydroxyl groups excluding tert-OH is 1. The summed E-state index contributed by atoms with van der Waals surface area (Å²) >= 11 is 11.8. The minimum absolute atomic E-state index is 0.206. The molecule has 2 aromatic carbocycles. The van der Waals surface area contributed by atoms with E-state index in [9.17, 15) is 9.50 Å². The van der Waals surface area contributed by atoms with Gasteiger partial charge in [-0.05, 0) is 35.4 Å². The number of hydrogen-bond donors (Lipinski definition) is 1. The average molecular weight is 299 g/mol. The molecule has 2 rings (SSSR count). The van der Waals surface area contributed by atoms with Gasteiger partial charge in [-0.25, -0.2) is 4.39 Å². The first-order chi connectivity index (χ1) is 9.06. The Balaban J connectivity index is 2.07. The van der Waals surface area contributed by atoms with Crippen LogP contribution in [0.1, 0.15) is 11.1 Å². The Labute approximate surface area is 121 Å². The van der Waals surface area contributed by atoms with Crippen LogP contribution in [0.15, 0.2) is 42.5 Å². The highest BCUT2D eigenvalue weighted by Gasteiger charge is 2.12. The molecule has 0 fully saturated rings. The van der Waals surface area contributed by atoms with Gasteiger partial charge in [-0.3, -0.25) is 0 Å². The quantitative estimate of drug-likeness (QED) is 0.893. The Morgan fingerprint density at radius 3 is 2.42 bits per heavy atom. The Bertz CT molecular complexity index is 572. The molecule has 1 unspecified atom stereocenters. The van der Waals surface area contributed by atoms with Crippen LogP contribution in [0.3, 0.4) is 0 Å². The van der Waals surface area contributed by atoms with Crippen molar-refractivity contribution < 1.29 is 9.50 Å². The molecule has 0 heterocycles. The lowest BCUT2D eigenvalue weighted by Crippen LogP contribution is -2.15. The van der Waals surface area contributed by atoms with Crippen LogP contribution in [0.2, 0.25) is 10.0 Å². The van der Waals surface area contributed by atoms with Crippen LogP contribution in [0.25, 0.3) is 0 Å². The summed E-state index contributed by atoms with van der Waals surface area (Å²) in [5, 5.41) is 11.1. The van der Waals surface area contributed by atoms with E-state index in [0.717, 1.165) is 5.56 Å². The summed E-state index contributed by atoms with van der Waals surface area (Å²) in [7, 11) is 0. The second-order valence-corrected chi connectivity index (χ2v) is 5.23. The third-order valence-electron chi connectivity index (χ3n) is 2.88. The molecule has 1 atom stereocenters. The molecule has 0 aliphatic carbocycles. The van der Waals surface area contributed by atoms with Crippen LogP contribution in [-0.4, -0.2) is 11.2 Å². The summed E-state index contributed by atoms with van der Waals surface area (Å²) in [5.41, 5.74) is 1.26. The van der Waals surface area contributed by atoms with Crippen molar-refractivity contribution in [1.29, 1.82) is 0 Å². The molecule has 19 heavy (non-hydrogen) atoms. The van der Waals surface area contributed by atoms with Crippen molar-refractivity contribution >= 4 is 23.2 Å². The predicted molar refractivity (Wildman–Crippen MR) is 76.3 cm³/mol. The lowest BCUT2D eigenvalue weighted by atomic mass is 10.0. The first-order valence-electron chi connectivity index (χ1n) is 5.91. The first kappa shape index (κ1) is 14.3. The zero-order valence-corrected chi connectivity index (χ0v) is 11.6. The number of hydrogen-bond acceptors (Lipinski definition) is 1. The van der Waals surface area contributed by atoms with Gasteiger partial charge in [-0.1, -0.05) is 41.4 Å². The van der Waals surface area contributed by atoms with Gasteiger partial charge in [0.05, 0.1) is 6.10 Å². The Morgan fingerprint density at radius 1 is 1.00 bits per heavy atom. The van der Waals surface area contributed by atoms with Crippen LogP contribution in [0, 0.1) is 5.82 Å². The second kappa shape index (κ2) is 6.38. The third-order valence-corrected chi connectivity index (χ3v) is 3.48. The first-order valence-corrected chi connectivity index (χ1v) is 6.67. The third kappa shape index (κ3) is 3.93. The zero-order chi connectivity index (χ0) is 13.8. The van der Waals surface area contributed by atoms with Gasteiger partial charge >= 0.3 is 0 Å². The topological polar surface area (TPSA) is 20.2 Å². The number of aliphatic hydroxyl groups is 1. The lowest BCUT2D eigenvalue weighted by molar-refractivity contribution is 0.174. The van der Waals surface area contributed by atoms with Crippen molar-refractivity contribution in [3.05, 3.63) is 69.5 Å². The van der Waals surface area contributed by atoms with E-state index in [2.05, 4.69) is 0 Å². The second-order valence-electron chi connectivity index (χ2n) is 4.39. The number of halogens is 3. The van der Waals surface area contributed by atoms with Crippen molar-refractivity contribution in [3.8, 4) is 0 Å². The van der Waals surface area contributed by atoms with Gasteiger partial charge in [0, 0.05) is 22.9 Å². The van der Waals surface area contributed by atoms with E-state index < -0.39 is 6.10 Å². The van der Waals surface area contributed by atoms with Gasteiger partial charge in [0.25, 0.3) is 0 Å². The zero-order valence-electron chi connectivity index (χ0n) is 10.1. The van der Waals surface area contributed by atoms with Crippen molar-refractivity contribution in [3.63, 3.8) is 0 Å². The van der Waals surface area contributed by atoms with Crippen molar-refractivity contribution in [1.82, 2.24) is 0 Å². The van der Waals surface area contributed by atoms with E-state index >= 15 is 0 Å². The highest BCUT2D eigenvalue weighted by atomic mass is 35.5. The van der Waals surface area contributed by atoms with Crippen molar-refractivity contribution in [2.24, 2.45) is 0 Å². The molecule has 0 aliphatic heterocycles. The van der Waals surface area contributed by atoms with Crippen LogP contribution in [-0.2, 0) is 12.8 Å². The van der Waals surface area contributed by atoms with E-state index in [-0.39, 0.29) is 12.2 Å². The largest absolute Gasteiger partial charge is 0.392 e. The molecule has 1 N–H and O–H groups in total. The Morgan fingerprint density at radius 2 is 1.68 bits per heavy atom. The highest BCUT2D eigenvalue weighted by molar-refractivity contribution is 6.31. The molecule has 0 radical (unpaired) electrons. The predicted octanol–water partition coefficient (Wildman–Crippen LogP) is 4.28. The molecule has 0 spiro atoms. The maximum absolute atomic E-state index is 13.6. The van der Waals surface area contributed by atoms with Crippen LogP contribution in [0.4, 0.5) is 4.39 Å². The van der Waals surface area contributed by atoms with Crippen LogP contribution < -0.4 is 0 Å². The summed E-state index contributed by atoms with van der Waals surface area (Å²) in [6.07, 6.45) is -0.114. The van der Waals surface area contributed by atoms with E-state index in [1.165, 1.54) is 18.2 Å². The number of benzene rings is 2.